The molecule has 0 bridgehead atoms. The third kappa shape index (κ3) is 3.48. The van der Waals surface area contributed by atoms with Crippen molar-refractivity contribution in [2.24, 2.45) is 0 Å². The van der Waals surface area contributed by atoms with Crippen molar-refractivity contribution < 1.29 is 8.42 Å². The van der Waals surface area contributed by atoms with Crippen LogP contribution < -0.4 is 10.5 Å². The molecule has 1 aromatic carbocycles. The molecule has 112 valence electrons. The summed E-state index contributed by atoms with van der Waals surface area (Å²) in [4.78, 5) is 0.235. The Kier molecular flexibility index (Phi) is 4.99. The quantitative estimate of drug-likeness (QED) is 0.837. The van der Waals surface area contributed by atoms with E-state index in [1.165, 1.54) is 12.8 Å². The molecular formula is C14H22N2O2S2. The van der Waals surface area contributed by atoms with Gasteiger partial charge in [-0.1, -0.05) is 12.5 Å². The maximum atomic E-state index is 12.5. The van der Waals surface area contributed by atoms with Crippen LogP contribution in [0.2, 0.25) is 0 Å². The SMILES string of the molecule is Cc1ccc(N)c(S(=O)(=O)NCC2CCCCS2)c1C. The Hall–Kier alpha value is -0.720. The minimum Gasteiger partial charge on any atom is -0.398 e. The summed E-state index contributed by atoms with van der Waals surface area (Å²) in [6, 6.07) is 3.51. The predicted molar refractivity (Wildman–Crippen MR) is 85.6 cm³/mol. The molecule has 4 nitrogen and oxygen atoms in total. The molecule has 0 saturated carbocycles. The lowest BCUT2D eigenvalue weighted by molar-refractivity contribution is 0.573. The Bertz CT molecular complexity index is 579. The second-order valence-electron chi connectivity index (χ2n) is 5.27. The second kappa shape index (κ2) is 6.37. The zero-order valence-electron chi connectivity index (χ0n) is 12.0. The summed E-state index contributed by atoms with van der Waals surface area (Å²) in [7, 11) is -3.53. The highest BCUT2D eigenvalue weighted by atomic mass is 32.2. The summed E-state index contributed by atoms with van der Waals surface area (Å²) in [5, 5.41) is 0.380. The van der Waals surface area contributed by atoms with Crippen molar-refractivity contribution in [1.29, 1.82) is 0 Å². The van der Waals surface area contributed by atoms with Crippen LogP contribution in [0, 0.1) is 13.8 Å². The molecule has 2 rings (SSSR count). The van der Waals surface area contributed by atoms with Gasteiger partial charge in [-0.2, -0.15) is 11.8 Å². The lowest BCUT2D eigenvalue weighted by Gasteiger charge is -2.22. The second-order valence-corrected chi connectivity index (χ2v) is 8.38. The summed E-state index contributed by atoms with van der Waals surface area (Å²) in [5.41, 5.74) is 7.84. The van der Waals surface area contributed by atoms with Gasteiger partial charge < -0.3 is 5.73 Å². The van der Waals surface area contributed by atoms with Gasteiger partial charge in [0.1, 0.15) is 4.90 Å². The number of hydrogen-bond donors (Lipinski definition) is 2. The van der Waals surface area contributed by atoms with E-state index in [9.17, 15) is 8.42 Å². The molecule has 0 amide bonds. The molecule has 0 aliphatic carbocycles. The smallest absolute Gasteiger partial charge is 0.242 e. The van der Waals surface area contributed by atoms with E-state index in [0.717, 1.165) is 23.3 Å². The van der Waals surface area contributed by atoms with Gasteiger partial charge in [-0.25, -0.2) is 13.1 Å². The normalized spacial score (nSPS) is 20.0. The molecule has 1 fully saturated rings. The number of thioether (sulfide) groups is 1. The molecule has 0 spiro atoms. The summed E-state index contributed by atoms with van der Waals surface area (Å²) in [5.74, 6) is 1.12. The van der Waals surface area contributed by atoms with Crippen molar-refractivity contribution in [3.63, 3.8) is 0 Å². The van der Waals surface area contributed by atoms with Gasteiger partial charge in [0, 0.05) is 11.8 Å². The van der Waals surface area contributed by atoms with E-state index in [1.54, 1.807) is 13.0 Å². The summed E-state index contributed by atoms with van der Waals surface area (Å²) in [6.45, 7) is 4.18. The molecule has 0 aromatic heterocycles. The standard InChI is InChI=1S/C14H22N2O2S2/c1-10-6-7-13(15)14(11(10)2)20(17,18)16-9-12-5-3-4-8-19-12/h6-7,12,16H,3-5,8-9,15H2,1-2H3. The number of benzene rings is 1. The van der Waals surface area contributed by atoms with Crippen LogP contribution in [-0.2, 0) is 10.0 Å². The van der Waals surface area contributed by atoms with E-state index >= 15 is 0 Å². The van der Waals surface area contributed by atoms with Crippen LogP contribution in [0.3, 0.4) is 0 Å². The number of nitrogens with two attached hydrogens (primary N) is 1. The zero-order valence-corrected chi connectivity index (χ0v) is 13.6. The number of nitrogens with one attached hydrogen (secondary N) is 1. The van der Waals surface area contributed by atoms with Crippen LogP contribution in [0.5, 0.6) is 0 Å². The van der Waals surface area contributed by atoms with Crippen LogP contribution in [0.15, 0.2) is 17.0 Å². The Morgan fingerprint density at radius 1 is 1.35 bits per heavy atom. The lowest BCUT2D eigenvalue weighted by atomic mass is 10.1. The minimum atomic E-state index is -3.53. The number of nitrogen functional groups attached to an aromatic ring is 1. The van der Waals surface area contributed by atoms with E-state index in [-0.39, 0.29) is 4.90 Å². The number of rotatable bonds is 4. The fraction of sp³-hybridized carbons (Fsp3) is 0.571. The first-order chi connectivity index (χ1) is 9.42. The van der Waals surface area contributed by atoms with Crippen LogP contribution in [0.4, 0.5) is 5.69 Å². The highest BCUT2D eigenvalue weighted by Gasteiger charge is 2.23. The third-order valence-corrected chi connectivity index (χ3v) is 6.78. The average molecular weight is 314 g/mol. The molecule has 1 aliphatic heterocycles. The van der Waals surface area contributed by atoms with Crippen molar-refractivity contribution in [2.45, 2.75) is 43.3 Å². The fourth-order valence-electron chi connectivity index (χ4n) is 2.41. The van der Waals surface area contributed by atoms with Crippen LogP contribution in [0.25, 0.3) is 0 Å². The van der Waals surface area contributed by atoms with Gasteiger partial charge in [0.05, 0.1) is 5.69 Å². The number of sulfonamides is 1. The Morgan fingerprint density at radius 2 is 2.10 bits per heavy atom. The molecule has 1 saturated heterocycles. The monoisotopic (exact) mass is 314 g/mol. The summed E-state index contributed by atoms with van der Waals surface area (Å²) in [6.07, 6.45) is 3.50. The third-order valence-electron chi connectivity index (χ3n) is 3.75. The molecule has 0 radical (unpaired) electrons. The van der Waals surface area contributed by atoms with E-state index < -0.39 is 10.0 Å². The van der Waals surface area contributed by atoms with E-state index in [1.807, 2.05) is 24.8 Å². The van der Waals surface area contributed by atoms with E-state index in [4.69, 9.17) is 5.73 Å². The maximum Gasteiger partial charge on any atom is 0.242 e. The predicted octanol–water partition coefficient (Wildman–Crippen LogP) is 2.45. The highest BCUT2D eigenvalue weighted by Crippen LogP contribution is 2.27. The molecule has 1 heterocycles. The van der Waals surface area contributed by atoms with E-state index in [2.05, 4.69) is 4.72 Å². The number of hydrogen-bond acceptors (Lipinski definition) is 4. The van der Waals surface area contributed by atoms with Gasteiger partial charge in [0.15, 0.2) is 0 Å². The minimum absolute atomic E-state index is 0.235. The largest absolute Gasteiger partial charge is 0.398 e. The molecule has 6 heteroatoms. The Morgan fingerprint density at radius 3 is 2.75 bits per heavy atom. The van der Waals surface area contributed by atoms with Crippen molar-refractivity contribution in [3.8, 4) is 0 Å². The first-order valence-electron chi connectivity index (χ1n) is 6.89. The molecular weight excluding hydrogens is 292 g/mol. The number of anilines is 1. The van der Waals surface area contributed by atoms with Crippen molar-refractivity contribution in [3.05, 3.63) is 23.3 Å². The molecule has 1 atom stereocenters. The topological polar surface area (TPSA) is 72.2 Å². The zero-order chi connectivity index (χ0) is 14.8. The van der Waals surface area contributed by atoms with E-state index in [0.29, 0.717) is 17.5 Å². The molecule has 1 aromatic rings. The molecule has 1 aliphatic rings. The van der Waals surface area contributed by atoms with Crippen molar-refractivity contribution in [1.82, 2.24) is 4.72 Å². The molecule has 20 heavy (non-hydrogen) atoms. The molecule has 3 N–H and O–H groups in total. The van der Waals surface area contributed by atoms with Crippen LogP contribution in [0.1, 0.15) is 30.4 Å². The Labute approximate surface area is 125 Å². The first-order valence-corrected chi connectivity index (χ1v) is 9.42. The van der Waals surface area contributed by atoms with Crippen molar-refractivity contribution >= 4 is 27.5 Å². The average Bonchev–Trinajstić information content (AvgIpc) is 2.42. The maximum absolute atomic E-state index is 12.5. The van der Waals surface area contributed by atoms with Gasteiger partial charge >= 0.3 is 0 Å². The number of aryl methyl sites for hydroxylation is 1. The Balaban J connectivity index is 2.16. The van der Waals surface area contributed by atoms with Crippen LogP contribution >= 0.6 is 11.8 Å². The van der Waals surface area contributed by atoms with Gasteiger partial charge in [-0.05, 0) is 49.6 Å². The van der Waals surface area contributed by atoms with Gasteiger partial charge in [0.25, 0.3) is 0 Å². The molecule has 1 unspecified atom stereocenters. The van der Waals surface area contributed by atoms with Crippen molar-refractivity contribution in [2.75, 3.05) is 18.0 Å². The van der Waals surface area contributed by atoms with Gasteiger partial charge in [0.2, 0.25) is 10.0 Å². The van der Waals surface area contributed by atoms with Gasteiger partial charge in [-0.15, -0.1) is 0 Å². The fourth-order valence-corrected chi connectivity index (χ4v) is 5.26. The van der Waals surface area contributed by atoms with Crippen LogP contribution in [-0.4, -0.2) is 26.0 Å². The summed E-state index contributed by atoms with van der Waals surface area (Å²) >= 11 is 1.85. The highest BCUT2D eigenvalue weighted by molar-refractivity contribution is 8.00. The lowest BCUT2D eigenvalue weighted by Crippen LogP contribution is -2.32. The first kappa shape index (κ1) is 15.7. The summed E-state index contributed by atoms with van der Waals surface area (Å²) < 4.78 is 27.7. The van der Waals surface area contributed by atoms with Gasteiger partial charge in [-0.3, -0.25) is 0 Å².